The number of furan rings is 1. The van der Waals surface area contributed by atoms with E-state index in [1.54, 1.807) is 12.5 Å². The molecule has 3 aromatic rings. The number of hydrogen-bond donors (Lipinski definition) is 2. The number of aromatic nitrogens is 2. The van der Waals surface area contributed by atoms with Crippen molar-refractivity contribution in [3.8, 4) is 0 Å². The SMILES string of the molecule is CCNC(=NCc1ccc(Cn2ccnc2)cc1)NCc1ccco1. The molecule has 0 aliphatic rings. The van der Waals surface area contributed by atoms with Crippen molar-refractivity contribution in [1.82, 2.24) is 20.2 Å². The molecule has 0 bridgehead atoms. The molecule has 1 aromatic carbocycles. The number of hydrogen-bond acceptors (Lipinski definition) is 3. The van der Waals surface area contributed by atoms with E-state index in [1.165, 1.54) is 11.1 Å². The molecule has 2 aromatic heterocycles. The number of benzene rings is 1. The first kappa shape index (κ1) is 16.8. The predicted octanol–water partition coefficient (Wildman–Crippen LogP) is 2.78. The van der Waals surface area contributed by atoms with E-state index in [9.17, 15) is 0 Å². The average Bonchev–Trinajstić information content (AvgIpc) is 3.32. The summed E-state index contributed by atoms with van der Waals surface area (Å²) in [5, 5.41) is 6.51. The van der Waals surface area contributed by atoms with Crippen LogP contribution in [-0.2, 0) is 19.6 Å². The Labute approximate surface area is 147 Å². The molecule has 3 rings (SSSR count). The normalized spacial score (nSPS) is 11.5. The Bertz CT molecular complexity index is 761. The lowest BCUT2D eigenvalue weighted by Crippen LogP contribution is -2.36. The second-order valence-electron chi connectivity index (χ2n) is 5.68. The molecule has 25 heavy (non-hydrogen) atoms. The van der Waals surface area contributed by atoms with E-state index in [-0.39, 0.29) is 0 Å². The zero-order chi connectivity index (χ0) is 17.3. The smallest absolute Gasteiger partial charge is 0.191 e. The van der Waals surface area contributed by atoms with Crippen LogP contribution in [0.5, 0.6) is 0 Å². The maximum atomic E-state index is 5.33. The third-order valence-electron chi connectivity index (χ3n) is 3.72. The lowest BCUT2D eigenvalue weighted by atomic mass is 10.1. The first-order chi connectivity index (χ1) is 12.3. The Balaban J connectivity index is 1.56. The van der Waals surface area contributed by atoms with Gasteiger partial charge in [0.1, 0.15) is 5.76 Å². The van der Waals surface area contributed by atoms with Crippen LogP contribution < -0.4 is 10.6 Å². The summed E-state index contributed by atoms with van der Waals surface area (Å²) >= 11 is 0. The molecule has 0 aliphatic heterocycles. The van der Waals surface area contributed by atoms with Crippen LogP contribution in [0.1, 0.15) is 23.8 Å². The van der Waals surface area contributed by atoms with Gasteiger partial charge in [-0.05, 0) is 30.2 Å². The summed E-state index contributed by atoms with van der Waals surface area (Å²) in [4.78, 5) is 8.69. The largest absolute Gasteiger partial charge is 0.467 e. The van der Waals surface area contributed by atoms with Crippen LogP contribution in [0, 0.1) is 0 Å². The fourth-order valence-corrected chi connectivity index (χ4v) is 2.44. The van der Waals surface area contributed by atoms with Gasteiger partial charge in [0.05, 0.1) is 25.7 Å². The van der Waals surface area contributed by atoms with Crippen LogP contribution in [-0.4, -0.2) is 22.1 Å². The van der Waals surface area contributed by atoms with Crippen molar-refractivity contribution >= 4 is 5.96 Å². The first-order valence-corrected chi connectivity index (χ1v) is 8.41. The summed E-state index contributed by atoms with van der Waals surface area (Å²) in [6, 6.07) is 12.3. The van der Waals surface area contributed by atoms with Crippen molar-refractivity contribution in [2.24, 2.45) is 4.99 Å². The number of rotatable bonds is 7. The molecule has 0 radical (unpaired) electrons. The molecular weight excluding hydrogens is 314 g/mol. The summed E-state index contributed by atoms with van der Waals surface area (Å²) < 4.78 is 7.38. The molecule has 0 atom stereocenters. The number of nitrogens with zero attached hydrogens (tertiary/aromatic N) is 3. The topological polar surface area (TPSA) is 67.4 Å². The molecule has 130 valence electrons. The number of imidazole rings is 1. The molecule has 6 nitrogen and oxygen atoms in total. The van der Waals surface area contributed by atoms with Gasteiger partial charge in [0.2, 0.25) is 0 Å². The molecule has 6 heteroatoms. The standard InChI is InChI=1S/C19H23N5O/c1-2-21-19(23-13-18-4-3-11-25-18)22-12-16-5-7-17(8-6-16)14-24-10-9-20-15-24/h3-11,15H,2,12-14H2,1H3,(H2,21,22,23). The number of aliphatic imine (C=N–C) groups is 1. The van der Waals surface area contributed by atoms with Gasteiger partial charge in [0.25, 0.3) is 0 Å². The van der Waals surface area contributed by atoms with Crippen molar-refractivity contribution in [3.05, 3.63) is 78.3 Å². The van der Waals surface area contributed by atoms with Gasteiger partial charge in [-0.2, -0.15) is 0 Å². The highest BCUT2D eigenvalue weighted by Gasteiger charge is 2.01. The van der Waals surface area contributed by atoms with E-state index in [0.717, 1.165) is 24.8 Å². The Morgan fingerprint density at radius 2 is 2.00 bits per heavy atom. The van der Waals surface area contributed by atoms with Gasteiger partial charge in [0, 0.05) is 25.5 Å². The Hall–Kier alpha value is -3.02. The van der Waals surface area contributed by atoms with Crippen LogP contribution >= 0.6 is 0 Å². The maximum Gasteiger partial charge on any atom is 0.191 e. The third kappa shape index (κ3) is 5.24. The Kier molecular flexibility index (Phi) is 5.87. The van der Waals surface area contributed by atoms with Crippen LogP contribution in [0.2, 0.25) is 0 Å². The van der Waals surface area contributed by atoms with Gasteiger partial charge < -0.3 is 19.6 Å². The summed E-state index contributed by atoms with van der Waals surface area (Å²) in [5.74, 6) is 1.66. The minimum atomic E-state index is 0.614. The lowest BCUT2D eigenvalue weighted by Gasteiger charge is -2.10. The molecule has 2 heterocycles. The zero-order valence-electron chi connectivity index (χ0n) is 14.4. The minimum absolute atomic E-state index is 0.614. The summed E-state index contributed by atoms with van der Waals surface area (Å²) in [6.45, 7) is 4.93. The van der Waals surface area contributed by atoms with E-state index in [0.29, 0.717) is 13.1 Å². The van der Waals surface area contributed by atoms with Crippen LogP contribution in [0.25, 0.3) is 0 Å². The van der Waals surface area contributed by atoms with Gasteiger partial charge in [0.15, 0.2) is 5.96 Å². The van der Waals surface area contributed by atoms with Crippen molar-refractivity contribution in [1.29, 1.82) is 0 Å². The monoisotopic (exact) mass is 337 g/mol. The highest BCUT2D eigenvalue weighted by atomic mass is 16.3. The third-order valence-corrected chi connectivity index (χ3v) is 3.72. The van der Waals surface area contributed by atoms with E-state index in [2.05, 4.69) is 56.4 Å². The molecule has 0 unspecified atom stereocenters. The molecule has 0 spiro atoms. The van der Waals surface area contributed by atoms with Crippen LogP contribution in [0.4, 0.5) is 0 Å². The molecular formula is C19H23N5O. The summed E-state index contributed by atoms with van der Waals surface area (Å²) in [7, 11) is 0. The van der Waals surface area contributed by atoms with Gasteiger partial charge in [-0.1, -0.05) is 24.3 Å². The molecule has 0 fully saturated rings. The lowest BCUT2D eigenvalue weighted by molar-refractivity contribution is 0.501. The average molecular weight is 337 g/mol. The van der Waals surface area contributed by atoms with E-state index < -0.39 is 0 Å². The second kappa shape index (κ2) is 8.73. The molecule has 0 saturated heterocycles. The predicted molar refractivity (Wildman–Crippen MR) is 98.1 cm³/mol. The van der Waals surface area contributed by atoms with Gasteiger partial charge in [-0.25, -0.2) is 9.98 Å². The highest BCUT2D eigenvalue weighted by molar-refractivity contribution is 5.79. The van der Waals surface area contributed by atoms with Crippen molar-refractivity contribution in [2.75, 3.05) is 6.54 Å². The van der Waals surface area contributed by atoms with Gasteiger partial charge in [-0.15, -0.1) is 0 Å². The summed E-state index contributed by atoms with van der Waals surface area (Å²) in [5.41, 5.74) is 2.41. The van der Waals surface area contributed by atoms with Crippen molar-refractivity contribution in [3.63, 3.8) is 0 Å². The minimum Gasteiger partial charge on any atom is -0.467 e. The van der Waals surface area contributed by atoms with E-state index in [4.69, 9.17) is 4.42 Å². The molecule has 2 N–H and O–H groups in total. The van der Waals surface area contributed by atoms with Crippen molar-refractivity contribution in [2.45, 2.75) is 26.6 Å². The van der Waals surface area contributed by atoms with Gasteiger partial charge >= 0.3 is 0 Å². The fourth-order valence-electron chi connectivity index (χ4n) is 2.44. The molecule has 0 aliphatic carbocycles. The number of nitrogens with one attached hydrogen (secondary N) is 2. The van der Waals surface area contributed by atoms with Crippen LogP contribution in [0.3, 0.4) is 0 Å². The fraction of sp³-hybridized carbons (Fsp3) is 0.263. The molecule has 0 saturated carbocycles. The highest BCUT2D eigenvalue weighted by Crippen LogP contribution is 2.07. The first-order valence-electron chi connectivity index (χ1n) is 8.41. The zero-order valence-corrected chi connectivity index (χ0v) is 14.4. The van der Waals surface area contributed by atoms with Crippen LogP contribution in [0.15, 0.2) is 70.8 Å². The quantitative estimate of drug-likeness (QED) is 0.514. The Morgan fingerprint density at radius 1 is 1.16 bits per heavy atom. The molecule has 0 amide bonds. The Morgan fingerprint density at radius 3 is 2.68 bits per heavy atom. The maximum absolute atomic E-state index is 5.33. The van der Waals surface area contributed by atoms with E-state index >= 15 is 0 Å². The van der Waals surface area contributed by atoms with Gasteiger partial charge in [-0.3, -0.25) is 0 Å². The second-order valence-corrected chi connectivity index (χ2v) is 5.68. The summed E-state index contributed by atoms with van der Waals surface area (Å²) in [6.07, 6.45) is 7.25. The van der Waals surface area contributed by atoms with Crippen molar-refractivity contribution < 1.29 is 4.42 Å². The number of guanidine groups is 1. The van der Waals surface area contributed by atoms with E-state index in [1.807, 2.05) is 24.7 Å².